The molecule has 0 radical (unpaired) electrons. The van der Waals surface area contributed by atoms with Crippen LogP contribution in [0.2, 0.25) is 10.0 Å². The summed E-state index contributed by atoms with van der Waals surface area (Å²) in [6, 6.07) is 14.5. The Hall–Kier alpha value is -2.17. The topological polar surface area (TPSA) is 52.9 Å². The molecule has 0 bridgehead atoms. The second-order valence-corrected chi connectivity index (χ2v) is 5.71. The van der Waals surface area contributed by atoms with Crippen molar-refractivity contribution in [3.05, 3.63) is 68.9 Å². The molecule has 22 heavy (non-hydrogen) atoms. The lowest BCUT2D eigenvalue weighted by atomic mass is 10.1. The van der Waals surface area contributed by atoms with E-state index < -0.39 is 0 Å². The van der Waals surface area contributed by atoms with E-state index in [0.717, 1.165) is 5.56 Å². The molecule has 112 valence electrons. The van der Waals surface area contributed by atoms with E-state index in [9.17, 15) is 4.79 Å². The van der Waals surface area contributed by atoms with E-state index in [4.69, 9.17) is 28.9 Å². The van der Waals surface area contributed by atoms with Crippen molar-refractivity contribution >= 4 is 28.9 Å². The fourth-order valence-electron chi connectivity index (χ4n) is 2.49. The summed E-state index contributed by atoms with van der Waals surface area (Å²) >= 11 is 12.1. The van der Waals surface area contributed by atoms with Gasteiger partial charge >= 0.3 is 0 Å². The number of nitrogen functional groups attached to an aromatic ring is 1. The first kappa shape index (κ1) is 14.8. The molecular weight excluding hydrogens is 321 g/mol. The summed E-state index contributed by atoms with van der Waals surface area (Å²) in [5.41, 5.74) is 7.94. The third kappa shape index (κ3) is 2.30. The molecule has 3 rings (SSSR count). The lowest BCUT2D eigenvalue weighted by Crippen LogP contribution is -2.20. The summed E-state index contributed by atoms with van der Waals surface area (Å²) < 4.78 is 3.14. The van der Waals surface area contributed by atoms with E-state index in [1.54, 1.807) is 29.9 Å². The van der Waals surface area contributed by atoms with Crippen molar-refractivity contribution in [3.8, 4) is 16.9 Å². The molecule has 0 aliphatic rings. The van der Waals surface area contributed by atoms with Crippen LogP contribution in [0.25, 0.3) is 16.9 Å². The third-order valence-electron chi connectivity index (χ3n) is 3.49. The van der Waals surface area contributed by atoms with Crippen molar-refractivity contribution in [2.75, 3.05) is 5.73 Å². The van der Waals surface area contributed by atoms with Gasteiger partial charge in [-0.15, -0.1) is 0 Å². The molecule has 0 unspecified atom stereocenters. The van der Waals surface area contributed by atoms with Crippen LogP contribution in [-0.2, 0) is 7.05 Å². The molecule has 0 amide bonds. The highest BCUT2D eigenvalue weighted by atomic mass is 35.5. The van der Waals surface area contributed by atoms with Crippen LogP contribution in [0.5, 0.6) is 0 Å². The summed E-state index contributed by atoms with van der Waals surface area (Å²) in [7, 11) is 1.77. The number of halogens is 2. The highest BCUT2D eigenvalue weighted by Gasteiger charge is 2.19. The second-order valence-electron chi connectivity index (χ2n) is 4.86. The quantitative estimate of drug-likeness (QED) is 0.776. The van der Waals surface area contributed by atoms with E-state index in [1.807, 2.05) is 30.3 Å². The molecule has 6 heteroatoms. The van der Waals surface area contributed by atoms with Gasteiger partial charge in [-0.1, -0.05) is 53.5 Å². The van der Waals surface area contributed by atoms with Gasteiger partial charge in [-0.2, -0.15) is 0 Å². The van der Waals surface area contributed by atoms with Crippen molar-refractivity contribution in [2.45, 2.75) is 0 Å². The van der Waals surface area contributed by atoms with E-state index >= 15 is 0 Å². The van der Waals surface area contributed by atoms with Crippen LogP contribution in [0.3, 0.4) is 0 Å². The molecule has 0 saturated carbocycles. The SMILES string of the molecule is Cn1c(-c2ccccc2)c(N)c(=O)n1-c1ccc(Cl)cc1Cl. The number of hydrogen-bond donors (Lipinski definition) is 1. The fourth-order valence-corrected chi connectivity index (χ4v) is 2.98. The van der Waals surface area contributed by atoms with E-state index in [0.29, 0.717) is 21.4 Å². The minimum atomic E-state index is -0.314. The zero-order chi connectivity index (χ0) is 15.9. The standard InChI is InChI=1S/C16H13Cl2N3O/c1-20-15(10-5-3-2-4-6-10)14(19)16(22)21(20)13-8-7-11(17)9-12(13)18/h2-9H,19H2,1H3. The van der Waals surface area contributed by atoms with Crippen LogP contribution in [0.15, 0.2) is 53.3 Å². The van der Waals surface area contributed by atoms with Crippen LogP contribution < -0.4 is 11.3 Å². The summed E-state index contributed by atoms with van der Waals surface area (Å²) in [4.78, 5) is 12.5. The van der Waals surface area contributed by atoms with Crippen molar-refractivity contribution in [3.63, 3.8) is 0 Å². The molecular formula is C16H13Cl2N3O. The van der Waals surface area contributed by atoms with Gasteiger partial charge in [-0.05, 0) is 18.2 Å². The first-order valence-electron chi connectivity index (χ1n) is 6.59. The van der Waals surface area contributed by atoms with Gasteiger partial charge in [0, 0.05) is 17.6 Å². The Morgan fingerprint density at radius 3 is 2.36 bits per heavy atom. The zero-order valence-electron chi connectivity index (χ0n) is 11.8. The number of hydrogen-bond acceptors (Lipinski definition) is 2. The predicted octanol–water partition coefficient (Wildman–Crippen LogP) is 3.73. The molecule has 0 aliphatic carbocycles. The van der Waals surface area contributed by atoms with Crippen LogP contribution in [0.1, 0.15) is 0 Å². The molecule has 0 fully saturated rings. The number of rotatable bonds is 2. The monoisotopic (exact) mass is 333 g/mol. The molecule has 0 spiro atoms. The second kappa shape index (κ2) is 5.55. The van der Waals surface area contributed by atoms with Crippen molar-refractivity contribution < 1.29 is 0 Å². The van der Waals surface area contributed by atoms with Gasteiger partial charge in [-0.25, -0.2) is 4.68 Å². The van der Waals surface area contributed by atoms with Gasteiger partial charge in [0.2, 0.25) is 0 Å². The molecule has 0 saturated heterocycles. The van der Waals surface area contributed by atoms with Crippen molar-refractivity contribution in [2.24, 2.45) is 7.05 Å². The van der Waals surface area contributed by atoms with Crippen LogP contribution >= 0.6 is 23.2 Å². The van der Waals surface area contributed by atoms with Gasteiger partial charge in [-0.3, -0.25) is 9.48 Å². The Balaban J connectivity index is 2.29. The summed E-state index contributed by atoms with van der Waals surface area (Å²) in [6.45, 7) is 0. The molecule has 2 aromatic carbocycles. The highest BCUT2D eigenvalue weighted by Crippen LogP contribution is 2.28. The third-order valence-corrected chi connectivity index (χ3v) is 4.02. The van der Waals surface area contributed by atoms with Crippen molar-refractivity contribution in [1.29, 1.82) is 0 Å². The zero-order valence-corrected chi connectivity index (χ0v) is 13.3. The summed E-state index contributed by atoms with van der Waals surface area (Å²) in [6.07, 6.45) is 0. The number of benzene rings is 2. The first-order chi connectivity index (χ1) is 10.5. The van der Waals surface area contributed by atoms with E-state index in [2.05, 4.69) is 0 Å². The molecule has 1 heterocycles. The van der Waals surface area contributed by atoms with Gasteiger partial charge in [0.1, 0.15) is 5.69 Å². The summed E-state index contributed by atoms with van der Waals surface area (Å²) in [5, 5.41) is 0.891. The molecule has 0 aliphatic heterocycles. The maximum Gasteiger partial charge on any atom is 0.295 e. The minimum Gasteiger partial charge on any atom is -0.392 e. The first-order valence-corrected chi connectivity index (χ1v) is 7.34. The number of nitrogens with zero attached hydrogens (tertiary/aromatic N) is 2. The number of aromatic nitrogens is 2. The van der Waals surface area contributed by atoms with Gasteiger partial charge in [0.15, 0.2) is 0 Å². The number of nitrogens with two attached hydrogens (primary N) is 1. The molecule has 4 nitrogen and oxygen atoms in total. The average molecular weight is 334 g/mol. The van der Waals surface area contributed by atoms with E-state index in [-0.39, 0.29) is 11.2 Å². The average Bonchev–Trinajstić information content (AvgIpc) is 2.71. The van der Waals surface area contributed by atoms with E-state index in [1.165, 1.54) is 4.68 Å². The lowest BCUT2D eigenvalue weighted by molar-refractivity contribution is 0.652. The van der Waals surface area contributed by atoms with Crippen LogP contribution in [-0.4, -0.2) is 9.36 Å². The minimum absolute atomic E-state index is 0.180. The Labute approximate surface area is 137 Å². The van der Waals surface area contributed by atoms with Crippen LogP contribution in [0, 0.1) is 0 Å². The fraction of sp³-hybridized carbons (Fsp3) is 0.0625. The maximum absolute atomic E-state index is 12.5. The molecule has 2 N–H and O–H groups in total. The lowest BCUT2D eigenvalue weighted by Gasteiger charge is -2.11. The Morgan fingerprint density at radius 2 is 1.73 bits per heavy atom. The maximum atomic E-state index is 12.5. The predicted molar refractivity (Wildman–Crippen MR) is 90.9 cm³/mol. The Kier molecular flexibility index (Phi) is 3.72. The van der Waals surface area contributed by atoms with Crippen molar-refractivity contribution in [1.82, 2.24) is 9.36 Å². The Bertz CT molecular complexity index is 898. The van der Waals surface area contributed by atoms with Gasteiger partial charge in [0.25, 0.3) is 5.56 Å². The molecule has 0 atom stereocenters. The normalized spacial score (nSPS) is 10.9. The highest BCUT2D eigenvalue weighted by molar-refractivity contribution is 6.35. The Morgan fingerprint density at radius 1 is 1.05 bits per heavy atom. The van der Waals surface area contributed by atoms with Crippen LogP contribution in [0.4, 0.5) is 5.69 Å². The number of anilines is 1. The van der Waals surface area contributed by atoms with Gasteiger partial charge < -0.3 is 5.73 Å². The molecule has 3 aromatic rings. The van der Waals surface area contributed by atoms with Gasteiger partial charge in [0.05, 0.1) is 16.4 Å². The summed E-state index contributed by atoms with van der Waals surface area (Å²) in [5.74, 6) is 0. The smallest absolute Gasteiger partial charge is 0.295 e. The molecule has 1 aromatic heterocycles. The largest absolute Gasteiger partial charge is 0.392 e.